The third-order valence-corrected chi connectivity index (χ3v) is 6.17. The van der Waals surface area contributed by atoms with E-state index in [9.17, 15) is 23.1 Å². The normalized spacial score (nSPS) is 13.1. The van der Waals surface area contributed by atoms with Crippen molar-refractivity contribution in [1.29, 1.82) is 0 Å². The average molecular weight is 307 g/mol. The summed E-state index contributed by atoms with van der Waals surface area (Å²) in [6.45, 7) is 6.46. The highest BCUT2D eigenvalue weighted by Crippen LogP contribution is 2.30. The van der Waals surface area contributed by atoms with Crippen molar-refractivity contribution in [2.75, 3.05) is 12.8 Å². The van der Waals surface area contributed by atoms with Gasteiger partial charge in [0.25, 0.3) is 0 Å². The van der Waals surface area contributed by atoms with Gasteiger partial charge in [0.05, 0.1) is 10.2 Å². The maximum Gasteiger partial charge on any atom is 0.310 e. The number of hydrogen-bond donors (Lipinski definition) is 2. The molecule has 1 amide bonds. The number of sulfone groups is 1. The highest BCUT2D eigenvalue weighted by Gasteiger charge is 2.38. The molecule has 0 saturated carbocycles. The number of rotatable bonds is 8. The van der Waals surface area contributed by atoms with Crippen molar-refractivity contribution in [2.45, 2.75) is 51.7 Å². The fraction of sp³-hybridized carbons (Fsp3) is 0.846. The Morgan fingerprint density at radius 2 is 1.60 bits per heavy atom. The minimum atomic E-state index is -3.30. The van der Waals surface area contributed by atoms with Crippen LogP contribution in [0.5, 0.6) is 0 Å². The van der Waals surface area contributed by atoms with Crippen molar-refractivity contribution in [3.63, 3.8) is 0 Å². The smallest absolute Gasteiger partial charge is 0.310 e. The second-order valence-electron chi connectivity index (χ2n) is 5.78. The third kappa shape index (κ3) is 4.47. The molecule has 0 bridgehead atoms. The largest absolute Gasteiger partial charge is 0.481 e. The summed E-state index contributed by atoms with van der Waals surface area (Å²) in [5, 5.41) is 11.8. The first-order chi connectivity index (χ1) is 8.92. The van der Waals surface area contributed by atoms with Gasteiger partial charge >= 0.3 is 5.97 Å². The third-order valence-electron chi connectivity index (χ3n) is 4.02. The van der Waals surface area contributed by atoms with E-state index in [1.54, 1.807) is 13.8 Å². The van der Waals surface area contributed by atoms with E-state index in [0.717, 1.165) is 6.26 Å². The lowest BCUT2D eigenvalue weighted by Crippen LogP contribution is -2.45. The molecular weight excluding hydrogens is 282 g/mol. The van der Waals surface area contributed by atoms with Gasteiger partial charge in [0.1, 0.15) is 0 Å². The molecule has 0 aliphatic rings. The molecule has 0 aromatic carbocycles. The molecule has 0 unspecified atom stereocenters. The van der Waals surface area contributed by atoms with Crippen molar-refractivity contribution in [1.82, 2.24) is 5.32 Å². The number of carbonyl (C=O) groups is 2. The van der Waals surface area contributed by atoms with E-state index < -0.39 is 31.9 Å². The van der Waals surface area contributed by atoms with Gasteiger partial charge in [0, 0.05) is 19.2 Å². The average Bonchev–Trinajstić information content (AvgIpc) is 2.32. The summed E-state index contributed by atoms with van der Waals surface area (Å²) >= 11 is 0. The Hall–Kier alpha value is -1.11. The lowest BCUT2D eigenvalue weighted by atomic mass is 9.79. The molecule has 0 saturated heterocycles. The summed E-state index contributed by atoms with van der Waals surface area (Å²) in [7, 11) is -3.30. The van der Waals surface area contributed by atoms with Crippen LogP contribution in [0.2, 0.25) is 0 Å². The van der Waals surface area contributed by atoms with Crippen LogP contribution < -0.4 is 5.32 Å². The zero-order valence-electron chi connectivity index (χ0n) is 12.8. The van der Waals surface area contributed by atoms with Gasteiger partial charge < -0.3 is 10.4 Å². The molecule has 6 nitrogen and oxygen atoms in total. The van der Waals surface area contributed by atoms with Crippen molar-refractivity contribution < 1.29 is 23.1 Å². The number of carboxylic acid groups (broad SMARTS) is 1. The highest BCUT2D eigenvalue weighted by molar-refractivity contribution is 7.92. The summed E-state index contributed by atoms with van der Waals surface area (Å²) in [4.78, 5) is 23.2. The molecule has 0 heterocycles. The van der Waals surface area contributed by atoms with Gasteiger partial charge in [-0.2, -0.15) is 0 Å². The van der Waals surface area contributed by atoms with Crippen molar-refractivity contribution in [2.24, 2.45) is 5.41 Å². The summed E-state index contributed by atoms with van der Waals surface area (Å²) in [5.74, 6) is -1.44. The Balaban J connectivity index is 4.78. The number of amides is 1. The first kappa shape index (κ1) is 18.9. The first-order valence-corrected chi connectivity index (χ1v) is 8.50. The minimum Gasteiger partial charge on any atom is -0.481 e. The van der Waals surface area contributed by atoms with E-state index in [2.05, 4.69) is 5.32 Å². The van der Waals surface area contributed by atoms with Crippen LogP contribution in [0.25, 0.3) is 0 Å². The van der Waals surface area contributed by atoms with Crippen LogP contribution in [0.1, 0.15) is 47.0 Å². The lowest BCUT2D eigenvalue weighted by Gasteiger charge is -2.27. The molecule has 118 valence electrons. The Labute approximate surface area is 120 Å². The lowest BCUT2D eigenvalue weighted by molar-refractivity contribution is -0.152. The summed E-state index contributed by atoms with van der Waals surface area (Å²) < 4.78 is 22.0. The topological polar surface area (TPSA) is 101 Å². The van der Waals surface area contributed by atoms with Crippen LogP contribution >= 0.6 is 0 Å². The van der Waals surface area contributed by atoms with Crippen LogP contribution in [0.4, 0.5) is 0 Å². The molecule has 2 N–H and O–H groups in total. The van der Waals surface area contributed by atoms with E-state index in [4.69, 9.17) is 0 Å². The van der Waals surface area contributed by atoms with E-state index in [0.29, 0.717) is 12.8 Å². The molecule has 0 radical (unpaired) electrons. The monoisotopic (exact) mass is 307 g/mol. The van der Waals surface area contributed by atoms with Crippen molar-refractivity contribution in [3.05, 3.63) is 0 Å². The molecule has 0 aromatic rings. The van der Waals surface area contributed by atoms with Crippen molar-refractivity contribution in [3.8, 4) is 0 Å². The molecule has 0 atom stereocenters. The van der Waals surface area contributed by atoms with Gasteiger partial charge in [0.2, 0.25) is 5.91 Å². The zero-order valence-corrected chi connectivity index (χ0v) is 13.6. The Morgan fingerprint density at radius 1 is 1.15 bits per heavy atom. The van der Waals surface area contributed by atoms with Gasteiger partial charge in [-0.15, -0.1) is 0 Å². The highest BCUT2D eigenvalue weighted by atomic mass is 32.2. The van der Waals surface area contributed by atoms with Gasteiger partial charge in [-0.3, -0.25) is 9.59 Å². The first-order valence-electron chi connectivity index (χ1n) is 6.61. The number of carboxylic acids is 1. The quantitative estimate of drug-likeness (QED) is 0.702. The minimum absolute atomic E-state index is 0.0339. The van der Waals surface area contributed by atoms with Gasteiger partial charge in [0.15, 0.2) is 9.84 Å². The second-order valence-corrected chi connectivity index (χ2v) is 8.43. The molecule has 7 heteroatoms. The van der Waals surface area contributed by atoms with E-state index in [1.807, 2.05) is 0 Å². The molecule has 0 aromatic heterocycles. The molecule has 0 spiro atoms. The Morgan fingerprint density at radius 3 is 1.90 bits per heavy atom. The zero-order chi connectivity index (χ0) is 16.2. The maximum atomic E-state index is 11.9. The van der Waals surface area contributed by atoms with E-state index in [1.165, 1.54) is 13.8 Å². The van der Waals surface area contributed by atoms with Crippen LogP contribution in [0, 0.1) is 5.41 Å². The molecule has 0 aliphatic heterocycles. The molecular formula is C13H25NO5S. The molecule has 0 fully saturated rings. The SMILES string of the molecule is CCC(CC)(CC(=O)NCC(C)(C)S(C)(=O)=O)C(=O)O. The number of hydrogen-bond acceptors (Lipinski definition) is 4. The number of nitrogens with one attached hydrogen (secondary N) is 1. The summed E-state index contributed by atoms with van der Waals surface area (Å²) in [5.41, 5.74) is -1.08. The second kappa shape index (κ2) is 6.56. The van der Waals surface area contributed by atoms with E-state index >= 15 is 0 Å². The number of aliphatic carboxylic acids is 1. The Bertz CT molecular complexity index is 463. The Kier molecular flexibility index (Phi) is 6.20. The van der Waals surface area contributed by atoms with Crippen LogP contribution in [-0.2, 0) is 19.4 Å². The van der Waals surface area contributed by atoms with Crippen molar-refractivity contribution >= 4 is 21.7 Å². The predicted octanol–water partition coefficient (Wildman–Crippen LogP) is 1.21. The predicted molar refractivity (Wildman–Crippen MR) is 77.2 cm³/mol. The standard InChI is InChI=1S/C13H25NO5S/c1-6-13(7-2,11(16)17)8-10(15)14-9-12(3,4)20(5,18)19/h6-9H2,1-5H3,(H,14,15)(H,16,17). The van der Waals surface area contributed by atoms with Crippen LogP contribution in [-0.4, -0.2) is 42.9 Å². The van der Waals surface area contributed by atoms with Gasteiger partial charge in [-0.05, 0) is 26.7 Å². The molecule has 20 heavy (non-hydrogen) atoms. The summed E-state index contributed by atoms with van der Waals surface area (Å²) in [6.07, 6.45) is 1.66. The van der Waals surface area contributed by atoms with Gasteiger partial charge in [-0.25, -0.2) is 8.42 Å². The summed E-state index contributed by atoms with van der Waals surface area (Å²) in [6, 6.07) is 0. The maximum absolute atomic E-state index is 11.9. The van der Waals surface area contributed by atoms with Crippen LogP contribution in [0.3, 0.4) is 0 Å². The fourth-order valence-electron chi connectivity index (χ4n) is 1.69. The number of carbonyl (C=O) groups excluding carboxylic acids is 1. The van der Waals surface area contributed by atoms with Crippen LogP contribution in [0.15, 0.2) is 0 Å². The molecule has 0 aliphatic carbocycles. The fourth-order valence-corrected chi connectivity index (χ4v) is 2.02. The van der Waals surface area contributed by atoms with Gasteiger partial charge in [-0.1, -0.05) is 13.8 Å². The van der Waals surface area contributed by atoms with E-state index in [-0.39, 0.29) is 13.0 Å². The molecule has 0 rings (SSSR count).